The minimum atomic E-state index is 0.0780. The largest absolute Gasteiger partial charge is 0.343 e. The van der Waals surface area contributed by atoms with Gasteiger partial charge in [0, 0.05) is 240 Å². The number of piperidine rings is 4. The lowest BCUT2D eigenvalue weighted by molar-refractivity contribution is -0.671. The number of hydrogen-bond acceptors (Lipinski definition) is 12. The van der Waals surface area contributed by atoms with Gasteiger partial charge in [0.25, 0.3) is 0 Å². The van der Waals surface area contributed by atoms with Crippen LogP contribution < -0.4 is 9.13 Å². The third-order valence-electron chi connectivity index (χ3n) is 30.1. The Morgan fingerprint density at radius 1 is 0.333 bits per heavy atom. The van der Waals surface area contributed by atoms with E-state index in [1.54, 1.807) is 13.8 Å². The van der Waals surface area contributed by atoms with Gasteiger partial charge in [-0.25, -0.2) is 9.13 Å². The van der Waals surface area contributed by atoms with E-state index in [4.69, 9.17) is 77.9 Å². The van der Waals surface area contributed by atoms with Crippen molar-refractivity contribution >= 4 is 173 Å². The zero-order chi connectivity index (χ0) is 96.7. The number of benzene rings is 4. The van der Waals surface area contributed by atoms with Crippen molar-refractivity contribution in [1.82, 2.24) is 59.1 Å². The number of aryl methyl sites for hydroxylation is 10. The second-order valence-electron chi connectivity index (χ2n) is 38.8. The van der Waals surface area contributed by atoms with Crippen LogP contribution in [0.25, 0.3) is 0 Å². The minimum absolute atomic E-state index is 0.0780. The molecule has 0 bridgehead atoms. The average molecular weight is 2290 g/mol. The molecule has 6 aliphatic heterocycles. The Kier molecular flexibility index (Phi) is 34.2. The third-order valence-corrected chi connectivity index (χ3v) is 33.7. The smallest absolute Gasteiger partial charge is 0.227 e. The second-order valence-corrected chi connectivity index (χ2v) is 45.5. The van der Waals surface area contributed by atoms with Crippen LogP contribution in [0.1, 0.15) is 203 Å². The van der Waals surface area contributed by atoms with Gasteiger partial charge in [-0.2, -0.15) is 0 Å². The van der Waals surface area contributed by atoms with Crippen LogP contribution in [-0.2, 0) is 107 Å². The Morgan fingerprint density at radius 3 is 1.02 bits per heavy atom. The van der Waals surface area contributed by atoms with Crippen molar-refractivity contribution in [3.63, 3.8) is 0 Å². The molecule has 6 fully saturated rings. The first-order valence-corrected chi connectivity index (χ1v) is 54.5. The minimum Gasteiger partial charge on any atom is -0.343 e. The fourth-order valence-electron chi connectivity index (χ4n) is 22.6. The summed E-state index contributed by atoms with van der Waals surface area (Å²) < 4.78 is 9.04. The van der Waals surface area contributed by atoms with Crippen molar-refractivity contribution in [2.45, 2.75) is 166 Å². The third kappa shape index (κ3) is 24.7. The van der Waals surface area contributed by atoms with Crippen molar-refractivity contribution in [3.8, 4) is 0 Å². The molecule has 6 amide bonds. The molecule has 4 atom stereocenters. The summed E-state index contributed by atoms with van der Waals surface area (Å²) in [4.78, 5) is 112. The fourth-order valence-corrected chi connectivity index (χ4v) is 26.3. The number of hydrogen-bond donors (Lipinski definition) is 0. The van der Waals surface area contributed by atoms with E-state index in [1.807, 2.05) is 146 Å². The normalized spacial score (nSPS) is 19.8. The topological polar surface area (TPSA) is 188 Å². The molecule has 12 heterocycles. The SMILES string of the molecule is CC(=O)N1CCC(CC(=O)N2CCC(C3c4ncc(Br)cc4CCc4cc(Cl)cc(Br)c43)CC2)CC1.CC(=O)N1CCC(CC(=O)N2CCC(C3c4ncc(Br)cc4CCc4cc(Cl)cc(Cl)c43)CC2)CC1.C[n+]1ccc(CC(=O)N2CCN(C3c4ccc(Cl)cc4CCc4cc(Br)cnc43)CC2)cc1.C[n+]1ccc(CC(=O)N2CCN(C3c4ccc(Cl)cc4CCc4cc(Br)cnc43)CC2)cc1. The molecule has 6 saturated heterocycles. The highest BCUT2D eigenvalue weighted by Gasteiger charge is 2.42. The van der Waals surface area contributed by atoms with E-state index in [0.717, 1.165) is 284 Å². The summed E-state index contributed by atoms with van der Waals surface area (Å²) in [5.74, 6) is 2.99. The number of nitrogens with zero attached hydrogens (tertiary/aromatic N) is 14. The van der Waals surface area contributed by atoms with Crippen LogP contribution in [-0.4, -0.2) is 199 Å². The Bertz CT molecular complexity index is 5660. The quantitative estimate of drug-likeness (QED) is 0.105. The predicted octanol–water partition coefficient (Wildman–Crippen LogP) is 20.4. The number of pyridine rings is 6. The number of halogens is 10. The van der Waals surface area contributed by atoms with Crippen molar-refractivity contribution < 1.29 is 37.9 Å². The second kappa shape index (κ2) is 46.4. The molecule has 0 radical (unpaired) electrons. The first-order chi connectivity index (χ1) is 66.5. The van der Waals surface area contributed by atoms with Crippen molar-refractivity contribution in [1.29, 1.82) is 0 Å². The lowest BCUT2D eigenvalue weighted by atomic mass is 9.76. The van der Waals surface area contributed by atoms with Gasteiger partial charge >= 0.3 is 0 Å². The van der Waals surface area contributed by atoms with Gasteiger partial charge in [-0.05, 0) is 341 Å². The van der Waals surface area contributed by atoms with E-state index < -0.39 is 0 Å². The Morgan fingerprint density at radius 2 is 0.645 bits per heavy atom. The zero-order valence-corrected chi connectivity index (χ0v) is 90.3. The van der Waals surface area contributed by atoms with E-state index in [9.17, 15) is 28.8 Å². The van der Waals surface area contributed by atoms with Crippen molar-refractivity contribution in [3.05, 3.63) is 307 Å². The highest BCUT2D eigenvalue weighted by molar-refractivity contribution is 9.11. The maximum atomic E-state index is 13.2. The number of amides is 6. The summed E-state index contributed by atoms with van der Waals surface area (Å²) >= 11 is 50.6. The molecule has 4 aliphatic carbocycles. The number of likely N-dealkylation sites (tertiary alicyclic amines) is 4. The lowest BCUT2D eigenvalue weighted by Gasteiger charge is -2.40. The molecule has 20 rings (SSSR count). The van der Waals surface area contributed by atoms with Gasteiger partial charge in [0.1, 0.15) is 14.1 Å². The molecule has 6 aromatic heterocycles. The number of fused-ring (bicyclic) bond motifs is 8. The highest BCUT2D eigenvalue weighted by Crippen LogP contribution is 2.50. The molecule has 0 spiro atoms. The standard InChI is InChI=1S/C28H32Br2ClN3O2.C28H32BrCl2N3O2.2C26H27BrClN4O/c1-17(35)33-8-4-18(5-9-33)12-25(36)34-10-6-19(7-11-34)27-26-20(14-23(31)15-24(26)30)2-3-21-13-22(29)16-32-28(21)27;1-17(35)33-8-4-18(5-9-33)12-25(36)34-10-6-19(7-11-34)27-26-20(14-23(30)15-24(26)31)2-3-21-13-22(29)16-32-28(21)27;2*1-30-8-6-18(7-9-30)14-24(33)31-10-12-32(13-11-31)26-23-5-4-22(28)16-19(23)2-3-20-15-21(27)17-29-25(20)26/h2*13-16,18-19,27H,2-12H2,1H3;2*4-9,15-17,26H,2-3,10-14H2,1H3/q;;2*+1. The molecule has 10 aliphatic rings. The summed E-state index contributed by atoms with van der Waals surface area (Å²) in [7, 11) is 3.96. The molecule has 10 aromatic rings. The number of carbonyl (C=O) groups is 6. The number of rotatable bonds is 12. The van der Waals surface area contributed by atoms with Gasteiger partial charge in [0.15, 0.2) is 24.8 Å². The van der Waals surface area contributed by atoms with E-state index in [0.29, 0.717) is 54.4 Å². The van der Waals surface area contributed by atoms with Gasteiger partial charge in [-0.3, -0.25) is 58.5 Å². The van der Waals surface area contributed by atoms with E-state index in [1.165, 1.54) is 66.9 Å². The summed E-state index contributed by atoms with van der Waals surface area (Å²) in [5.41, 5.74) is 21.9. The van der Waals surface area contributed by atoms with Crippen LogP contribution in [0.3, 0.4) is 0 Å². The highest BCUT2D eigenvalue weighted by atomic mass is 79.9. The van der Waals surface area contributed by atoms with Gasteiger partial charge in [-0.1, -0.05) is 86.1 Å². The molecule has 138 heavy (non-hydrogen) atoms. The molecule has 0 saturated carbocycles. The maximum Gasteiger partial charge on any atom is 0.227 e. The Balaban J connectivity index is 0.000000127. The van der Waals surface area contributed by atoms with Crippen LogP contribution >= 0.6 is 138 Å². The van der Waals surface area contributed by atoms with Gasteiger partial charge in [0.2, 0.25) is 35.4 Å². The van der Waals surface area contributed by atoms with Crippen LogP contribution in [0.5, 0.6) is 0 Å². The summed E-state index contributed by atoms with van der Waals surface area (Å²) in [6.07, 6.45) is 32.5. The maximum absolute atomic E-state index is 13.2. The van der Waals surface area contributed by atoms with Crippen molar-refractivity contribution in [2.24, 2.45) is 37.8 Å². The zero-order valence-electron chi connectivity index (χ0n) is 78.6. The first kappa shape index (κ1) is 102. The average Bonchev–Trinajstić information content (AvgIpc) is 1.52. The molecular formula is C108H118Br5Cl5N14O6+2. The van der Waals surface area contributed by atoms with Crippen LogP contribution in [0.15, 0.2) is 181 Å². The van der Waals surface area contributed by atoms with Crippen LogP contribution in [0.4, 0.5) is 0 Å². The molecule has 724 valence electrons. The lowest BCUT2D eigenvalue weighted by Crippen LogP contribution is -2.50. The summed E-state index contributed by atoms with van der Waals surface area (Å²) in [6, 6.07) is 37.6. The Labute approximate surface area is 877 Å². The van der Waals surface area contributed by atoms with E-state index in [-0.39, 0.29) is 59.4 Å². The monoisotopic (exact) mass is 2280 g/mol. The van der Waals surface area contributed by atoms with Gasteiger partial charge in [0.05, 0.1) is 47.7 Å². The Hall–Kier alpha value is -7.63. The molecule has 0 N–H and O–H groups in total. The number of aromatic nitrogens is 6. The molecule has 30 heteroatoms. The van der Waals surface area contributed by atoms with E-state index >= 15 is 0 Å². The first-order valence-electron chi connectivity index (χ1n) is 48.6. The van der Waals surface area contributed by atoms with Gasteiger partial charge < -0.3 is 29.4 Å². The van der Waals surface area contributed by atoms with Gasteiger partial charge in [-0.15, -0.1) is 0 Å². The fraction of sp³-hybridized carbons (Fsp3) is 0.444. The number of piperazine rings is 2. The van der Waals surface area contributed by atoms with Crippen LogP contribution in [0.2, 0.25) is 25.1 Å². The molecule has 20 nitrogen and oxygen atoms in total. The van der Waals surface area contributed by atoms with E-state index in [2.05, 4.69) is 155 Å². The summed E-state index contributed by atoms with van der Waals surface area (Å²) in [6.45, 7) is 15.6. The predicted molar refractivity (Wildman–Crippen MR) is 560 cm³/mol. The number of carbonyl (C=O) groups excluding carboxylic acids is 6. The summed E-state index contributed by atoms with van der Waals surface area (Å²) in [5, 5.41) is 3.70. The van der Waals surface area contributed by atoms with Crippen molar-refractivity contribution in [2.75, 3.05) is 105 Å². The molecule has 4 aromatic carbocycles. The van der Waals surface area contributed by atoms with Crippen LogP contribution in [0, 0.1) is 23.7 Å². The molecular weight excluding hydrogens is 2170 g/mol. The molecule has 4 unspecified atom stereocenters.